The number of rotatable bonds is 5. The van der Waals surface area contributed by atoms with Crippen LogP contribution in [-0.2, 0) is 9.47 Å². The molecule has 1 spiro atoms. The van der Waals surface area contributed by atoms with Crippen LogP contribution >= 0.6 is 0 Å². The van der Waals surface area contributed by atoms with Crippen molar-refractivity contribution in [2.75, 3.05) is 32.9 Å². The van der Waals surface area contributed by atoms with E-state index in [2.05, 4.69) is 5.32 Å². The minimum Gasteiger partial charge on any atom is -0.381 e. The molecule has 2 aliphatic heterocycles. The van der Waals surface area contributed by atoms with Crippen LogP contribution in [0.1, 0.15) is 38.5 Å². The second kappa shape index (κ2) is 5.25. The average molecular weight is 239 g/mol. The number of nitrogens with one attached hydrogen (secondary N) is 1. The third-order valence-corrected chi connectivity index (χ3v) is 4.89. The molecule has 0 aromatic rings. The Balaban J connectivity index is 1.33. The van der Waals surface area contributed by atoms with E-state index in [1.165, 1.54) is 38.5 Å². The molecule has 2 heterocycles. The van der Waals surface area contributed by atoms with Gasteiger partial charge in [-0.05, 0) is 37.5 Å². The molecule has 0 radical (unpaired) electrons. The minimum absolute atomic E-state index is 0.191. The first-order chi connectivity index (χ1) is 8.39. The Hall–Kier alpha value is -0.120. The number of ether oxygens (including phenoxy) is 2. The molecule has 1 aliphatic carbocycles. The van der Waals surface area contributed by atoms with E-state index in [1.54, 1.807) is 0 Å². The van der Waals surface area contributed by atoms with Crippen LogP contribution in [0.3, 0.4) is 0 Å². The van der Waals surface area contributed by atoms with E-state index in [4.69, 9.17) is 9.47 Å². The highest BCUT2D eigenvalue weighted by atomic mass is 16.5. The predicted molar refractivity (Wildman–Crippen MR) is 67.1 cm³/mol. The van der Waals surface area contributed by atoms with E-state index in [1.807, 2.05) is 0 Å². The van der Waals surface area contributed by atoms with E-state index in [0.29, 0.717) is 0 Å². The van der Waals surface area contributed by atoms with Crippen molar-refractivity contribution < 1.29 is 9.47 Å². The summed E-state index contributed by atoms with van der Waals surface area (Å²) in [6.07, 6.45) is 8.03. The normalized spacial score (nSPS) is 32.1. The Morgan fingerprint density at radius 2 is 2.00 bits per heavy atom. The van der Waals surface area contributed by atoms with Crippen molar-refractivity contribution in [3.8, 4) is 0 Å². The van der Waals surface area contributed by atoms with Gasteiger partial charge in [0.25, 0.3) is 0 Å². The minimum atomic E-state index is 0.191. The van der Waals surface area contributed by atoms with Gasteiger partial charge < -0.3 is 14.8 Å². The van der Waals surface area contributed by atoms with Crippen LogP contribution in [0.2, 0.25) is 0 Å². The summed E-state index contributed by atoms with van der Waals surface area (Å²) in [7, 11) is 0. The number of hydrogen-bond donors (Lipinski definition) is 1. The summed E-state index contributed by atoms with van der Waals surface area (Å²) in [6, 6.07) is 0. The smallest absolute Gasteiger partial charge is 0.0959 e. The zero-order chi connectivity index (χ0) is 11.6. The van der Waals surface area contributed by atoms with Crippen molar-refractivity contribution in [1.29, 1.82) is 0 Å². The molecule has 3 nitrogen and oxygen atoms in total. The van der Waals surface area contributed by atoms with E-state index in [0.717, 1.165) is 44.7 Å². The molecule has 98 valence electrons. The van der Waals surface area contributed by atoms with Crippen molar-refractivity contribution in [1.82, 2.24) is 5.32 Å². The van der Waals surface area contributed by atoms with Crippen LogP contribution in [0.25, 0.3) is 0 Å². The van der Waals surface area contributed by atoms with Gasteiger partial charge in [0, 0.05) is 32.9 Å². The molecule has 3 rings (SSSR count). The average Bonchev–Trinajstić information content (AvgIpc) is 2.92. The molecular formula is C14H25NO2. The Kier molecular flexibility index (Phi) is 3.69. The molecule has 1 atom stereocenters. The molecule has 3 fully saturated rings. The lowest BCUT2D eigenvalue weighted by molar-refractivity contribution is -0.0676. The summed E-state index contributed by atoms with van der Waals surface area (Å²) in [5.74, 6) is 1.58. The fourth-order valence-electron chi connectivity index (χ4n) is 3.61. The SMILES string of the molecule is C1CCC(COCC[C@@H]2CCOC23CNC3)C1. The van der Waals surface area contributed by atoms with Gasteiger partial charge in [-0.1, -0.05) is 12.8 Å². The van der Waals surface area contributed by atoms with Gasteiger partial charge in [-0.2, -0.15) is 0 Å². The van der Waals surface area contributed by atoms with E-state index in [-0.39, 0.29) is 5.60 Å². The Morgan fingerprint density at radius 1 is 1.18 bits per heavy atom. The molecule has 2 saturated heterocycles. The largest absolute Gasteiger partial charge is 0.381 e. The fourth-order valence-corrected chi connectivity index (χ4v) is 3.61. The Bertz CT molecular complexity index is 247. The van der Waals surface area contributed by atoms with Crippen LogP contribution in [-0.4, -0.2) is 38.5 Å². The van der Waals surface area contributed by atoms with Gasteiger partial charge in [0.2, 0.25) is 0 Å². The van der Waals surface area contributed by atoms with Crippen molar-refractivity contribution in [3.05, 3.63) is 0 Å². The van der Waals surface area contributed by atoms with E-state index >= 15 is 0 Å². The summed E-state index contributed by atoms with van der Waals surface area (Å²) in [4.78, 5) is 0. The summed E-state index contributed by atoms with van der Waals surface area (Å²) < 4.78 is 11.8. The quantitative estimate of drug-likeness (QED) is 0.744. The van der Waals surface area contributed by atoms with Crippen molar-refractivity contribution in [2.24, 2.45) is 11.8 Å². The molecule has 0 aromatic carbocycles. The molecule has 0 bridgehead atoms. The van der Waals surface area contributed by atoms with Gasteiger partial charge in [-0.15, -0.1) is 0 Å². The maximum absolute atomic E-state index is 5.90. The monoisotopic (exact) mass is 239 g/mol. The first-order valence-electron chi connectivity index (χ1n) is 7.31. The van der Waals surface area contributed by atoms with Crippen LogP contribution in [0.4, 0.5) is 0 Å². The van der Waals surface area contributed by atoms with Crippen molar-refractivity contribution in [3.63, 3.8) is 0 Å². The highest BCUT2D eigenvalue weighted by molar-refractivity contribution is 5.02. The van der Waals surface area contributed by atoms with E-state index < -0.39 is 0 Å². The summed E-state index contributed by atoms with van der Waals surface area (Å²) in [5.41, 5.74) is 0.191. The molecule has 1 saturated carbocycles. The van der Waals surface area contributed by atoms with Gasteiger partial charge in [0.15, 0.2) is 0 Å². The number of hydrogen-bond acceptors (Lipinski definition) is 3. The Labute approximate surface area is 104 Å². The summed E-state index contributed by atoms with van der Waals surface area (Å²) in [6.45, 7) is 5.00. The second-order valence-electron chi connectivity index (χ2n) is 6.02. The Morgan fingerprint density at radius 3 is 2.71 bits per heavy atom. The van der Waals surface area contributed by atoms with Gasteiger partial charge in [-0.3, -0.25) is 0 Å². The first kappa shape index (κ1) is 11.9. The topological polar surface area (TPSA) is 30.5 Å². The zero-order valence-electron chi connectivity index (χ0n) is 10.7. The fraction of sp³-hybridized carbons (Fsp3) is 1.00. The van der Waals surface area contributed by atoms with Gasteiger partial charge in [-0.25, -0.2) is 0 Å². The second-order valence-corrected chi connectivity index (χ2v) is 6.02. The molecular weight excluding hydrogens is 214 g/mol. The molecule has 3 aliphatic rings. The summed E-state index contributed by atoms with van der Waals surface area (Å²) in [5, 5.41) is 3.34. The van der Waals surface area contributed by atoms with Gasteiger partial charge in [0.05, 0.1) is 5.60 Å². The molecule has 1 N–H and O–H groups in total. The van der Waals surface area contributed by atoms with Crippen LogP contribution < -0.4 is 5.32 Å². The predicted octanol–water partition coefficient (Wildman–Crippen LogP) is 1.96. The zero-order valence-corrected chi connectivity index (χ0v) is 10.7. The molecule has 17 heavy (non-hydrogen) atoms. The highest BCUT2D eigenvalue weighted by Gasteiger charge is 2.48. The van der Waals surface area contributed by atoms with E-state index in [9.17, 15) is 0 Å². The lowest BCUT2D eigenvalue weighted by atomic mass is 9.81. The standard InChI is InChI=1S/C14H25NO2/c1-2-4-12(3-1)9-16-7-5-13-6-8-17-14(13)10-15-11-14/h12-13,15H,1-11H2/t13-/m1/s1. The van der Waals surface area contributed by atoms with Crippen LogP contribution in [0.15, 0.2) is 0 Å². The van der Waals surface area contributed by atoms with Gasteiger partial charge >= 0.3 is 0 Å². The first-order valence-corrected chi connectivity index (χ1v) is 7.31. The van der Waals surface area contributed by atoms with Crippen molar-refractivity contribution in [2.45, 2.75) is 44.1 Å². The maximum atomic E-state index is 5.90. The third kappa shape index (κ3) is 2.51. The highest BCUT2D eigenvalue weighted by Crippen LogP contribution is 2.37. The van der Waals surface area contributed by atoms with Gasteiger partial charge in [0.1, 0.15) is 0 Å². The van der Waals surface area contributed by atoms with Crippen LogP contribution in [0.5, 0.6) is 0 Å². The molecule has 0 amide bonds. The lowest BCUT2D eigenvalue weighted by Gasteiger charge is -2.43. The maximum Gasteiger partial charge on any atom is 0.0959 e. The van der Waals surface area contributed by atoms with Crippen LogP contribution in [0, 0.1) is 11.8 Å². The molecule has 3 heteroatoms. The molecule has 0 aromatic heterocycles. The molecule has 0 unspecified atom stereocenters. The third-order valence-electron chi connectivity index (χ3n) is 4.89. The summed E-state index contributed by atoms with van der Waals surface area (Å²) >= 11 is 0. The van der Waals surface area contributed by atoms with Crippen molar-refractivity contribution >= 4 is 0 Å². The lowest BCUT2D eigenvalue weighted by Crippen LogP contribution is -2.62.